The number of nitrogens with zero attached hydrogens (tertiary/aromatic N) is 2. The number of nitrogens with one attached hydrogen (secondary N) is 2. The second-order valence-corrected chi connectivity index (χ2v) is 10.3. The van der Waals surface area contributed by atoms with Gasteiger partial charge in [0.1, 0.15) is 17.4 Å². The van der Waals surface area contributed by atoms with E-state index in [0.717, 1.165) is 17.7 Å². The fraction of sp³-hybridized carbons (Fsp3) is 0.167. The highest BCUT2D eigenvalue weighted by molar-refractivity contribution is 6.31. The lowest BCUT2D eigenvalue weighted by atomic mass is 9.87. The lowest BCUT2D eigenvalue weighted by molar-refractivity contribution is -0.137. The van der Waals surface area contributed by atoms with E-state index in [9.17, 15) is 31.5 Å². The highest BCUT2D eigenvalue weighted by Gasteiger charge is 2.41. The molecule has 0 radical (unpaired) electrons. The number of amides is 3. The minimum absolute atomic E-state index is 0.0765. The number of benzene rings is 3. The molecule has 3 aromatic carbocycles. The first-order chi connectivity index (χ1) is 20.5. The van der Waals surface area contributed by atoms with Crippen LogP contribution < -0.4 is 20.3 Å². The maximum absolute atomic E-state index is 14.4. The van der Waals surface area contributed by atoms with Crippen LogP contribution in [0.2, 0.25) is 5.02 Å². The summed E-state index contributed by atoms with van der Waals surface area (Å²) in [6.45, 7) is 0.272. The smallest absolute Gasteiger partial charge is 0.416 e. The number of halogens is 6. The molecule has 3 amide bonds. The topological polar surface area (TPSA) is 83.6 Å². The molecule has 2 aliphatic rings. The normalized spacial score (nSPS) is 15.7. The molecule has 3 heterocycles. The van der Waals surface area contributed by atoms with E-state index >= 15 is 0 Å². The predicted octanol–water partition coefficient (Wildman–Crippen LogP) is 7.14. The molecular weight excluding hydrogens is 595 g/mol. The first-order valence-corrected chi connectivity index (χ1v) is 13.2. The Kier molecular flexibility index (Phi) is 6.96. The highest BCUT2D eigenvalue weighted by atomic mass is 35.5. The number of aromatic nitrogens is 1. The molecule has 220 valence electrons. The van der Waals surface area contributed by atoms with Gasteiger partial charge in [0.05, 0.1) is 30.6 Å². The van der Waals surface area contributed by atoms with Crippen LogP contribution in [0.1, 0.15) is 38.7 Å². The molecular formula is C30H20ClF5N4O3. The average molecular weight is 615 g/mol. The van der Waals surface area contributed by atoms with E-state index in [-0.39, 0.29) is 22.8 Å². The SMILES string of the molecule is COc1cnccc1-c1cc(NC(=O)c2cc(F)cc(C(F)(F)F)c2)c2c3c1CCN3C(=O)NC2c1cc(F)ccc1Cl. The lowest BCUT2D eigenvalue weighted by Gasteiger charge is -2.35. The van der Waals surface area contributed by atoms with Crippen LogP contribution in [0.4, 0.5) is 38.1 Å². The number of carbonyl (C=O) groups is 2. The molecule has 0 aliphatic carbocycles. The first-order valence-electron chi connectivity index (χ1n) is 12.9. The van der Waals surface area contributed by atoms with Gasteiger partial charge in [0, 0.05) is 45.7 Å². The molecule has 0 spiro atoms. The van der Waals surface area contributed by atoms with Crippen molar-refractivity contribution in [3.05, 3.63) is 105 Å². The summed E-state index contributed by atoms with van der Waals surface area (Å²) in [5, 5.41) is 5.55. The molecule has 13 heteroatoms. The predicted molar refractivity (Wildman–Crippen MR) is 148 cm³/mol. The van der Waals surface area contributed by atoms with Crippen LogP contribution in [0.5, 0.6) is 5.75 Å². The maximum Gasteiger partial charge on any atom is 0.416 e. The second kappa shape index (κ2) is 10.5. The Morgan fingerprint density at radius 3 is 2.63 bits per heavy atom. The molecule has 6 rings (SSSR count). The van der Waals surface area contributed by atoms with Crippen LogP contribution in [0, 0.1) is 11.6 Å². The molecule has 0 fully saturated rings. The number of anilines is 2. The van der Waals surface area contributed by atoms with Gasteiger partial charge in [-0.05, 0) is 66.1 Å². The number of ether oxygens (including phenoxy) is 1. The Morgan fingerprint density at radius 2 is 1.88 bits per heavy atom. The van der Waals surface area contributed by atoms with Gasteiger partial charge in [-0.25, -0.2) is 13.6 Å². The van der Waals surface area contributed by atoms with E-state index < -0.39 is 46.9 Å². The van der Waals surface area contributed by atoms with Crippen molar-refractivity contribution in [1.29, 1.82) is 0 Å². The molecule has 1 aromatic heterocycles. The Hall–Kier alpha value is -4.71. The van der Waals surface area contributed by atoms with Gasteiger partial charge in [0.15, 0.2) is 0 Å². The van der Waals surface area contributed by atoms with E-state index in [1.54, 1.807) is 12.1 Å². The monoisotopic (exact) mass is 614 g/mol. The standard InChI is InChI=1S/C30H20ClF5N4O3/c1-43-24-13-37-6-4-18(24)20-12-23(38-28(41)14-8-15(30(34,35)36)10-17(33)9-14)25-26(21-11-16(32)2-3-22(21)31)39-29(42)40-7-5-19(20)27(25)40/h2-4,6,8-13,26H,5,7H2,1H3,(H,38,41)(H,39,42). The van der Waals surface area contributed by atoms with Gasteiger partial charge in [0.25, 0.3) is 5.91 Å². The van der Waals surface area contributed by atoms with Crippen LogP contribution in [0.25, 0.3) is 11.1 Å². The van der Waals surface area contributed by atoms with Gasteiger partial charge in [-0.15, -0.1) is 0 Å². The molecule has 0 saturated carbocycles. The number of alkyl halides is 3. The van der Waals surface area contributed by atoms with Crippen molar-refractivity contribution < 1.29 is 36.3 Å². The Labute approximate surface area is 246 Å². The Morgan fingerprint density at radius 1 is 1.09 bits per heavy atom. The van der Waals surface area contributed by atoms with E-state index in [1.807, 2.05) is 0 Å². The highest BCUT2D eigenvalue weighted by Crippen LogP contribution is 2.51. The minimum Gasteiger partial charge on any atom is -0.494 e. The molecule has 43 heavy (non-hydrogen) atoms. The largest absolute Gasteiger partial charge is 0.494 e. The number of hydrogen-bond donors (Lipinski definition) is 2. The summed E-state index contributed by atoms with van der Waals surface area (Å²) in [5.41, 5.74) is 0.960. The van der Waals surface area contributed by atoms with Crippen LogP contribution >= 0.6 is 11.6 Å². The van der Waals surface area contributed by atoms with Crippen LogP contribution in [-0.4, -0.2) is 30.6 Å². The summed E-state index contributed by atoms with van der Waals surface area (Å²) in [6.07, 6.45) is -1.47. The summed E-state index contributed by atoms with van der Waals surface area (Å²) in [5.74, 6) is -2.53. The third kappa shape index (κ3) is 5.01. The third-order valence-corrected chi connectivity index (χ3v) is 7.75. The second-order valence-electron chi connectivity index (χ2n) is 9.92. The summed E-state index contributed by atoms with van der Waals surface area (Å²) >= 11 is 6.44. The number of carbonyl (C=O) groups excluding carboxylic acids is 2. The molecule has 1 atom stereocenters. The number of hydrogen-bond acceptors (Lipinski definition) is 4. The molecule has 1 unspecified atom stereocenters. The van der Waals surface area contributed by atoms with E-state index in [2.05, 4.69) is 15.6 Å². The zero-order valence-corrected chi connectivity index (χ0v) is 22.9. The Bertz CT molecular complexity index is 1810. The van der Waals surface area contributed by atoms with Crippen molar-refractivity contribution in [3.63, 3.8) is 0 Å². The van der Waals surface area contributed by atoms with Gasteiger partial charge in [-0.3, -0.25) is 14.7 Å². The quantitative estimate of drug-likeness (QED) is 0.234. The average Bonchev–Trinajstić information content (AvgIpc) is 3.42. The van der Waals surface area contributed by atoms with Crippen LogP contribution in [0.3, 0.4) is 0 Å². The number of methoxy groups -OCH3 is 1. The lowest BCUT2D eigenvalue weighted by Crippen LogP contribution is -2.46. The van der Waals surface area contributed by atoms with Crippen molar-refractivity contribution in [2.75, 3.05) is 23.9 Å². The summed E-state index contributed by atoms with van der Waals surface area (Å²) in [6, 6.07) is 6.86. The van der Waals surface area contributed by atoms with Gasteiger partial charge in [-0.1, -0.05) is 11.6 Å². The summed E-state index contributed by atoms with van der Waals surface area (Å²) < 4.78 is 74.4. The number of rotatable bonds is 5. The van der Waals surface area contributed by atoms with Gasteiger partial charge in [0.2, 0.25) is 0 Å². The van der Waals surface area contributed by atoms with E-state index in [4.69, 9.17) is 16.3 Å². The van der Waals surface area contributed by atoms with Crippen LogP contribution in [0.15, 0.2) is 60.9 Å². The minimum atomic E-state index is -4.90. The molecule has 0 bridgehead atoms. The van der Waals surface area contributed by atoms with Crippen molar-refractivity contribution in [3.8, 4) is 16.9 Å². The zero-order chi connectivity index (χ0) is 30.6. The Balaban J connectivity index is 1.59. The number of urea groups is 1. The molecule has 2 aliphatic heterocycles. The molecule has 0 saturated heterocycles. The first kappa shape index (κ1) is 28.4. The summed E-state index contributed by atoms with van der Waals surface area (Å²) in [4.78, 5) is 32.3. The van der Waals surface area contributed by atoms with E-state index in [0.29, 0.717) is 52.7 Å². The van der Waals surface area contributed by atoms with Gasteiger partial charge < -0.3 is 15.4 Å². The fourth-order valence-corrected chi connectivity index (χ4v) is 5.78. The van der Waals surface area contributed by atoms with Crippen molar-refractivity contribution in [1.82, 2.24) is 10.3 Å². The van der Waals surface area contributed by atoms with Crippen LogP contribution in [-0.2, 0) is 12.6 Å². The molecule has 4 aromatic rings. The van der Waals surface area contributed by atoms with Crippen molar-refractivity contribution >= 4 is 34.9 Å². The van der Waals surface area contributed by atoms with E-state index in [1.165, 1.54) is 30.5 Å². The maximum atomic E-state index is 14.4. The third-order valence-electron chi connectivity index (χ3n) is 7.40. The molecule has 7 nitrogen and oxygen atoms in total. The van der Waals surface area contributed by atoms with Gasteiger partial charge >= 0.3 is 12.2 Å². The summed E-state index contributed by atoms with van der Waals surface area (Å²) in [7, 11) is 1.45. The number of pyridine rings is 1. The molecule has 2 N–H and O–H groups in total. The van der Waals surface area contributed by atoms with Gasteiger partial charge in [-0.2, -0.15) is 13.2 Å². The fourth-order valence-electron chi connectivity index (χ4n) is 5.55. The van der Waals surface area contributed by atoms with Crippen molar-refractivity contribution in [2.45, 2.75) is 18.6 Å². The van der Waals surface area contributed by atoms with Crippen molar-refractivity contribution in [2.24, 2.45) is 0 Å². The zero-order valence-electron chi connectivity index (χ0n) is 22.2.